The zero-order valence-corrected chi connectivity index (χ0v) is 14.8. The molecule has 1 N–H and O–H groups in total. The first-order valence-electron chi connectivity index (χ1n) is 9.54. The van der Waals surface area contributed by atoms with E-state index in [-0.39, 0.29) is 23.1 Å². The van der Waals surface area contributed by atoms with Gasteiger partial charge in [0.05, 0.1) is 5.92 Å². The van der Waals surface area contributed by atoms with Gasteiger partial charge in [-0.05, 0) is 49.9 Å². The number of likely N-dealkylation sites (tertiary alicyclic amines) is 1. The lowest BCUT2D eigenvalue weighted by atomic mass is 9.86. The molecule has 130 valence electrons. The summed E-state index contributed by atoms with van der Waals surface area (Å²) >= 11 is 0. The van der Waals surface area contributed by atoms with Crippen LogP contribution < -0.4 is 5.32 Å². The lowest BCUT2D eigenvalue weighted by Crippen LogP contribution is -2.41. The van der Waals surface area contributed by atoms with Gasteiger partial charge in [-0.25, -0.2) is 0 Å². The molecule has 0 bridgehead atoms. The van der Waals surface area contributed by atoms with Gasteiger partial charge in [0.25, 0.3) is 0 Å². The third-order valence-corrected chi connectivity index (χ3v) is 6.46. The molecule has 3 fully saturated rings. The molecule has 3 aliphatic rings. The van der Waals surface area contributed by atoms with Crippen molar-refractivity contribution < 1.29 is 9.59 Å². The largest absolute Gasteiger partial charge is 0.355 e. The van der Waals surface area contributed by atoms with E-state index in [4.69, 9.17) is 0 Å². The van der Waals surface area contributed by atoms with E-state index in [1.807, 2.05) is 4.90 Å². The highest BCUT2D eigenvalue weighted by molar-refractivity contribution is 5.89. The van der Waals surface area contributed by atoms with Crippen LogP contribution in [-0.2, 0) is 9.59 Å². The highest BCUT2D eigenvalue weighted by Crippen LogP contribution is 2.37. The highest BCUT2D eigenvalue weighted by Gasteiger charge is 2.39. The average Bonchev–Trinajstić information content (AvgIpc) is 3.13. The zero-order chi connectivity index (χ0) is 16.4. The minimum Gasteiger partial charge on any atom is -0.355 e. The van der Waals surface area contributed by atoms with E-state index < -0.39 is 0 Å². The van der Waals surface area contributed by atoms with Crippen LogP contribution in [0.5, 0.6) is 0 Å². The molecule has 1 atom stereocenters. The van der Waals surface area contributed by atoms with E-state index in [1.54, 1.807) is 0 Å². The molecular formula is C19H32N2O2. The van der Waals surface area contributed by atoms with Crippen LogP contribution in [0.2, 0.25) is 0 Å². The van der Waals surface area contributed by atoms with Crippen LogP contribution in [0.4, 0.5) is 0 Å². The summed E-state index contributed by atoms with van der Waals surface area (Å²) in [5.41, 5.74) is 0.275. The third kappa shape index (κ3) is 3.89. The highest BCUT2D eigenvalue weighted by atomic mass is 16.2. The van der Waals surface area contributed by atoms with E-state index >= 15 is 0 Å². The van der Waals surface area contributed by atoms with Gasteiger partial charge in [-0.15, -0.1) is 0 Å². The number of carbonyl (C=O) groups excluding carboxylic acids is 2. The molecule has 0 aromatic rings. The standard InChI is InChI=1S/C19H32N2O2/c1-14-5-7-16(8-6-14)21-12-15(11-17(21)22)18(23)20-13-19(2)9-3-4-10-19/h14-16H,3-13H2,1-2H3,(H,20,23)/t14?,15-,16?/m1/s1. The second kappa shape index (κ2) is 6.82. The molecule has 0 radical (unpaired) electrons. The van der Waals surface area contributed by atoms with Crippen molar-refractivity contribution in [2.45, 2.75) is 77.7 Å². The smallest absolute Gasteiger partial charge is 0.225 e. The topological polar surface area (TPSA) is 49.4 Å². The summed E-state index contributed by atoms with van der Waals surface area (Å²) in [5.74, 6) is 0.942. The molecule has 4 heteroatoms. The molecule has 2 saturated carbocycles. The van der Waals surface area contributed by atoms with Crippen molar-refractivity contribution in [1.82, 2.24) is 10.2 Å². The van der Waals surface area contributed by atoms with Gasteiger partial charge in [-0.1, -0.05) is 26.7 Å². The Morgan fingerprint density at radius 3 is 2.52 bits per heavy atom. The van der Waals surface area contributed by atoms with E-state index in [1.165, 1.54) is 38.5 Å². The predicted octanol–water partition coefficient (Wildman–Crippen LogP) is 3.11. The van der Waals surface area contributed by atoms with Crippen LogP contribution in [0.1, 0.15) is 71.6 Å². The minimum atomic E-state index is -0.133. The minimum absolute atomic E-state index is 0.0955. The fourth-order valence-electron chi connectivity index (χ4n) is 4.66. The summed E-state index contributed by atoms with van der Waals surface area (Å²) in [5, 5.41) is 3.14. The van der Waals surface area contributed by atoms with Crippen LogP contribution in [-0.4, -0.2) is 35.8 Å². The number of amides is 2. The quantitative estimate of drug-likeness (QED) is 0.865. The van der Waals surface area contributed by atoms with Crippen LogP contribution >= 0.6 is 0 Å². The van der Waals surface area contributed by atoms with Crippen molar-refractivity contribution in [2.75, 3.05) is 13.1 Å². The summed E-state index contributed by atoms with van der Waals surface area (Å²) in [6, 6.07) is 0.379. The Balaban J connectivity index is 1.49. The monoisotopic (exact) mass is 320 g/mol. The number of rotatable bonds is 4. The van der Waals surface area contributed by atoms with Crippen molar-refractivity contribution in [3.05, 3.63) is 0 Å². The van der Waals surface area contributed by atoms with Crippen LogP contribution in [0.25, 0.3) is 0 Å². The maximum Gasteiger partial charge on any atom is 0.225 e. The molecule has 1 heterocycles. The van der Waals surface area contributed by atoms with Crippen molar-refractivity contribution in [2.24, 2.45) is 17.3 Å². The first-order valence-corrected chi connectivity index (χ1v) is 9.54. The number of nitrogens with zero attached hydrogens (tertiary/aromatic N) is 1. The number of hydrogen-bond donors (Lipinski definition) is 1. The maximum atomic E-state index is 12.5. The maximum absolute atomic E-state index is 12.5. The molecule has 0 aromatic heterocycles. The van der Waals surface area contributed by atoms with Crippen molar-refractivity contribution in [3.63, 3.8) is 0 Å². The van der Waals surface area contributed by atoms with Gasteiger partial charge >= 0.3 is 0 Å². The first kappa shape index (κ1) is 16.8. The zero-order valence-electron chi connectivity index (χ0n) is 14.8. The average molecular weight is 320 g/mol. The van der Waals surface area contributed by atoms with Gasteiger partial charge in [0, 0.05) is 25.6 Å². The van der Waals surface area contributed by atoms with Gasteiger partial charge in [0.2, 0.25) is 11.8 Å². The Bertz CT molecular complexity index is 448. The third-order valence-electron chi connectivity index (χ3n) is 6.46. The van der Waals surface area contributed by atoms with E-state index in [2.05, 4.69) is 19.2 Å². The molecule has 1 saturated heterocycles. The predicted molar refractivity (Wildman–Crippen MR) is 90.8 cm³/mol. The lowest BCUT2D eigenvalue weighted by molar-refractivity contribution is -0.131. The van der Waals surface area contributed by atoms with Gasteiger partial charge in [-0.2, -0.15) is 0 Å². The molecule has 4 nitrogen and oxygen atoms in total. The Morgan fingerprint density at radius 1 is 1.22 bits per heavy atom. The van der Waals surface area contributed by atoms with Gasteiger partial charge in [-0.3, -0.25) is 9.59 Å². The molecular weight excluding hydrogens is 288 g/mol. The molecule has 2 amide bonds. The lowest BCUT2D eigenvalue weighted by Gasteiger charge is -2.33. The molecule has 1 aliphatic heterocycles. The fourth-order valence-corrected chi connectivity index (χ4v) is 4.66. The molecule has 0 unspecified atom stereocenters. The van der Waals surface area contributed by atoms with Crippen LogP contribution in [0.15, 0.2) is 0 Å². The SMILES string of the molecule is CC1CCC(N2C[C@H](C(=O)NCC3(C)CCCC3)CC2=O)CC1. The van der Waals surface area contributed by atoms with E-state index in [0.717, 1.165) is 25.3 Å². The normalized spacial score (nSPS) is 33.9. The van der Waals surface area contributed by atoms with Crippen molar-refractivity contribution >= 4 is 11.8 Å². The second-order valence-electron chi connectivity index (χ2n) is 8.60. The van der Waals surface area contributed by atoms with Gasteiger partial charge < -0.3 is 10.2 Å². The first-order chi connectivity index (χ1) is 11.0. The Labute approximate surface area is 140 Å². The number of hydrogen-bond acceptors (Lipinski definition) is 2. The van der Waals surface area contributed by atoms with Gasteiger partial charge in [0.1, 0.15) is 0 Å². The summed E-state index contributed by atoms with van der Waals surface area (Å²) in [4.78, 5) is 26.8. The van der Waals surface area contributed by atoms with E-state index in [9.17, 15) is 9.59 Å². The summed E-state index contributed by atoms with van der Waals surface area (Å²) < 4.78 is 0. The summed E-state index contributed by atoms with van der Waals surface area (Å²) in [6.07, 6.45) is 10.0. The van der Waals surface area contributed by atoms with Gasteiger partial charge in [0.15, 0.2) is 0 Å². The van der Waals surface area contributed by atoms with Crippen molar-refractivity contribution in [1.29, 1.82) is 0 Å². The number of carbonyl (C=O) groups is 2. The molecule has 0 spiro atoms. The Kier molecular flexibility index (Phi) is 4.98. The number of nitrogens with one attached hydrogen (secondary N) is 1. The Morgan fingerprint density at radius 2 is 1.87 bits per heavy atom. The molecule has 0 aromatic carbocycles. The van der Waals surface area contributed by atoms with E-state index in [0.29, 0.717) is 19.0 Å². The summed E-state index contributed by atoms with van der Waals surface area (Å²) in [7, 11) is 0. The summed E-state index contributed by atoms with van der Waals surface area (Å²) in [6.45, 7) is 5.98. The molecule has 2 aliphatic carbocycles. The second-order valence-corrected chi connectivity index (χ2v) is 8.60. The van der Waals surface area contributed by atoms with Crippen LogP contribution in [0.3, 0.4) is 0 Å². The fraction of sp³-hybridized carbons (Fsp3) is 0.895. The van der Waals surface area contributed by atoms with Crippen molar-refractivity contribution in [3.8, 4) is 0 Å². The molecule has 3 rings (SSSR count). The molecule has 23 heavy (non-hydrogen) atoms. The van der Waals surface area contributed by atoms with Crippen LogP contribution in [0, 0.1) is 17.3 Å². The Hall–Kier alpha value is -1.06.